The molecule has 1 aromatic carbocycles. The number of hydrogen-bond donors (Lipinski definition) is 2. The largest absolute Gasteiger partial charge is 0.444 e. The van der Waals surface area contributed by atoms with E-state index in [2.05, 4.69) is 36.5 Å². The second-order valence-corrected chi connectivity index (χ2v) is 11.9. The smallest absolute Gasteiger partial charge is 0.415 e. The number of carbonyl (C=O) groups is 2. The number of imidazole rings is 2. The highest BCUT2D eigenvalue weighted by Crippen LogP contribution is 2.33. The predicted octanol–water partition coefficient (Wildman–Crippen LogP) is 6.66. The van der Waals surface area contributed by atoms with Crippen molar-refractivity contribution in [2.45, 2.75) is 65.1 Å². The van der Waals surface area contributed by atoms with Crippen LogP contribution in [0.2, 0.25) is 0 Å². The molecule has 4 heterocycles. The monoisotopic (exact) mass is 598 g/mol. The molecular weight excluding hydrogens is 560 g/mol. The molecule has 0 aliphatic carbocycles. The molecule has 12 nitrogen and oxygen atoms in total. The van der Waals surface area contributed by atoms with Crippen LogP contribution in [0.15, 0.2) is 61.4 Å². The minimum absolute atomic E-state index is 0.162. The van der Waals surface area contributed by atoms with Crippen LogP contribution in [0.5, 0.6) is 0 Å². The minimum Gasteiger partial charge on any atom is -0.444 e. The van der Waals surface area contributed by atoms with Crippen molar-refractivity contribution < 1.29 is 19.1 Å². The molecule has 1 fully saturated rings. The fourth-order valence-electron chi connectivity index (χ4n) is 4.92. The van der Waals surface area contributed by atoms with Gasteiger partial charge in [-0.3, -0.25) is 4.90 Å². The molecule has 12 heteroatoms. The molecule has 2 atom stereocenters. The molecule has 5 rings (SSSR count). The van der Waals surface area contributed by atoms with Crippen LogP contribution in [-0.2, 0) is 9.47 Å². The van der Waals surface area contributed by atoms with Gasteiger partial charge in [-0.15, -0.1) is 0 Å². The third-order valence-corrected chi connectivity index (χ3v) is 7.33. The third-order valence-electron chi connectivity index (χ3n) is 7.33. The lowest BCUT2D eigenvalue weighted by atomic mass is 10.1. The van der Waals surface area contributed by atoms with Crippen molar-refractivity contribution in [2.75, 3.05) is 13.6 Å². The Labute approximate surface area is 256 Å². The maximum absolute atomic E-state index is 12.7. The molecule has 3 aromatic heterocycles. The van der Waals surface area contributed by atoms with E-state index in [0.29, 0.717) is 24.0 Å². The van der Waals surface area contributed by atoms with E-state index in [1.165, 1.54) is 4.90 Å². The van der Waals surface area contributed by atoms with Gasteiger partial charge < -0.3 is 24.3 Å². The molecule has 0 spiro atoms. The summed E-state index contributed by atoms with van der Waals surface area (Å²) in [7, 11) is 1.65. The lowest BCUT2D eigenvalue weighted by Gasteiger charge is -2.27. The second kappa shape index (κ2) is 12.3. The summed E-state index contributed by atoms with van der Waals surface area (Å²) in [4.78, 5) is 53.0. The molecule has 1 aliphatic rings. The van der Waals surface area contributed by atoms with Gasteiger partial charge in [0.1, 0.15) is 17.2 Å². The Balaban J connectivity index is 1.24. The molecule has 44 heavy (non-hydrogen) atoms. The molecule has 1 saturated heterocycles. The summed E-state index contributed by atoms with van der Waals surface area (Å²) in [6, 6.07) is 7.34. The highest BCUT2D eigenvalue weighted by atomic mass is 16.6. The van der Waals surface area contributed by atoms with Crippen molar-refractivity contribution in [1.82, 2.24) is 39.7 Å². The van der Waals surface area contributed by atoms with Gasteiger partial charge in [0.25, 0.3) is 0 Å². The predicted molar refractivity (Wildman–Crippen MR) is 165 cm³/mol. The van der Waals surface area contributed by atoms with Crippen molar-refractivity contribution in [1.29, 1.82) is 0 Å². The van der Waals surface area contributed by atoms with Crippen LogP contribution in [0.1, 0.15) is 71.2 Å². The van der Waals surface area contributed by atoms with E-state index in [0.717, 1.165) is 46.7 Å². The van der Waals surface area contributed by atoms with Gasteiger partial charge in [-0.05, 0) is 53.0 Å². The third kappa shape index (κ3) is 6.80. The highest BCUT2D eigenvalue weighted by molar-refractivity contribution is 5.70. The molecule has 2 amide bonds. The van der Waals surface area contributed by atoms with Gasteiger partial charge in [0, 0.05) is 37.1 Å². The zero-order valence-corrected chi connectivity index (χ0v) is 25.9. The molecule has 4 aromatic rings. The topological polar surface area (TPSA) is 142 Å². The lowest BCUT2D eigenvalue weighted by Crippen LogP contribution is -2.36. The Morgan fingerprint density at radius 1 is 0.977 bits per heavy atom. The van der Waals surface area contributed by atoms with E-state index in [9.17, 15) is 9.59 Å². The first-order valence-electron chi connectivity index (χ1n) is 14.5. The van der Waals surface area contributed by atoms with Crippen molar-refractivity contribution in [3.8, 4) is 33.9 Å². The summed E-state index contributed by atoms with van der Waals surface area (Å²) in [5, 5.41) is 0. The summed E-state index contributed by atoms with van der Waals surface area (Å²) in [6.07, 6.45) is 7.88. The van der Waals surface area contributed by atoms with E-state index >= 15 is 0 Å². The number of nitrogens with zero attached hydrogens (tertiary/aromatic N) is 6. The number of ether oxygens (including phenoxy) is 2. The van der Waals surface area contributed by atoms with Crippen LogP contribution in [0.3, 0.4) is 0 Å². The summed E-state index contributed by atoms with van der Waals surface area (Å²) in [5.74, 6) is 2.27. The Morgan fingerprint density at radius 3 is 2.27 bits per heavy atom. The lowest BCUT2D eigenvalue weighted by molar-refractivity contribution is 0.0218. The number of allylic oxidation sites excluding steroid dienone is 1. The summed E-state index contributed by atoms with van der Waals surface area (Å²) in [6.45, 7) is 13.3. The van der Waals surface area contributed by atoms with Crippen LogP contribution in [-0.4, -0.2) is 71.1 Å². The van der Waals surface area contributed by atoms with Gasteiger partial charge in [-0.1, -0.05) is 30.8 Å². The standard InChI is InChI=1S/C32H38N8O4/c1-19(2)43-30(41)39(7)20(3)27-35-17-24(37-27)21-10-12-22(13-11-21)28-33-15-23(16-34-28)25-18-36-29(38-25)26-9-8-14-40(26)31(42)44-32(4,5)6/h10-13,15-18,20,26H,1,8-9,14H2,2-7H3,(H,35,37)(H,36,38)/t20-,26-/m0/s1. The summed E-state index contributed by atoms with van der Waals surface area (Å²) < 4.78 is 10.7. The molecule has 230 valence electrons. The van der Waals surface area contributed by atoms with Gasteiger partial charge in [0.15, 0.2) is 5.82 Å². The molecule has 0 saturated carbocycles. The van der Waals surface area contributed by atoms with Crippen molar-refractivity contribution in [3.63, 3.8) is 0 Å². The fourth-order valence-corrected chi connectivity index (χ4v) is 4.92. The number of likely N-dealkylation sites (tertiary alicyclic amines) is 1. The number of hydrogen-bond acceptors (Lipinski definition) is 8. The number of amides is 2. The first kappa shape index (κ1) is 30.5. The number of aromatic nitrogens is 6. The fraction of sp³-hybridized carbons (Fsp3) is 0.375. The normalized spacial score (nSPS) is 15.6. The maximum Gasteiger partial charge on any atom is 0.415 e. The second-order valence-electron chi connectivity index (χ2n) is 11.9. The molecule has 0 bridgehead atoms. The number of H-pyrrole nitrogens is 2. The van der Waals surface area contributed by atoms with E-state index < -0.39 is 11.7 Å². The summed E-state index contributed by atoms with van der Waals surface area (Å²) >= 11 is 0. The van der Waals surface area contributed by atoms with Crippen LogP contribution in [0.25, 0.3) is 33.9 Å². The number of benzene rings is 1. The molecule has 0 unspecified atom stereocenters. The molecule has 0 radical (unpaired) electrons. The average molecular weight is 599 g/mol. The van der Waals surface area contributed by atoms with Crippen LogP contribution >= 0.6 is 0 Å². The van der Waals surface area contributed by atoms with Crippen molar-refractivity contribution >= 4 is 12.2 Å². The average Bonchev–Trinajstić information content (AvgIpc) is 3.76. The molecule has 2 N–H and O–H groups in total. The first-order valence-corrected chi connectivity index (χ1v) is 14.5. The maximum atomic E-state index is 12.7. The summed E-state index contributed by atoms with van der Waals surface area (Å²) in [5.41, 5.74) is 3.63. The number of rotatable bonds is 7. The van der Waals surface area contributed by atoms with E-state index in [-0.39, 0.29) is 18.2 Å². The van der Waals surface area contributed by atoms with Crippen molar-refractivity contribution in [3.05, 3.63) is 73.0 Å². The Kier molecular flexibility index (Phi) is 8.52. The van der Waals surface area contributed by atoms with E-state index in [4.69, 9.17) is 9.47 Å². The Morgan fingerprint density at radius 2 is 1.61 bits per heavy atom. The van der Waals surface area contributed by atoms with Crippen LogP contribution in [0.4, 0.5) is 9.59 Å². The molecular formula is C32H38N8O4. The van der Waals surface area contributed by atoms with Gasteiger partial charge in [0.2, 0.25) is 0 Å². The number of nitrogens with one attached hydrogen (secondary N) is 2. The molecule has 1 aliphatic heterocycles. The van der Waals surface area contributed by atoms with Gasteiger partial charge in [0.05, 0.1) is 41.6 Å². The Bertz CT molecular complexity index is 1640. The van der Waals surface area contributed by atoms with E-state index in [1.54, 1.807) is 43.7 Å². The minimum atomic E-state index is -0.556. The number of carbonyl (C=O) groups excluding carboxylic acids is 2. The first-order chi connectivity index (χ1) is 20.9. The highest BCUT2D eigenvalue weighted by Gasteiger charge is 2.35. The quantitative estimate of drug-likeness (QED) is 0.225. The van der Waals surface area contributed by atoms with Crippen LogP contribution < -0.4 is 0 Å². The SMILES string of the molecule is C=C(C)OC(=O)N(C)[C@@H](C)c1ncc(-c2ccc(-c3ncc(-c4cnc([C@@H]5CCCN5C(=O)OC(C)(C)C)[nH]4)cn3)cc2)[nH]1. The van der Waals surface area contributed by atoms with Gasteiger partial charge >= 0.3 is 12.2 Å². The van der Waals surface area contributed by atoms with Crippen molar-refractivity contribution in [2.24, 2.45) is 0 Å². The zero-order chi connectivity index (χ0) is 31.6. The Hall–Kier alpha value is -5.00. The zero-order valence-electron chi connectivity index (χ0n) is 25.9. The van der Waals surface area contributed by atoms with Crippen LogP contribution in [0, 0.1) is 0 Å². The van der Waals surface area contributed by atoms with E-state index in [1.807, 2.05) is 52.0 Å². The van der Waals surface area contributed by atoms with Gasteiger partial charge in [-0.2, -0.15) is 0 Å². The number of aromatic amines is 2. The van der Waals surface area contributed by atoms with Gasteiger partial charge in [-0.25, -0.2) is 29.5 Å².